The molecule has 0 aliphatic rings. The van der Waals surface area contributed by atoms with Crippen LogP contribution in [0, 0.1) is 0 Å². The van der Waals surface area contributed by atoms with Crippen molar-refractivity contribution in [2.24, 2.45) is 0 Å². The predicted molar refractivity (Wildman–Crippen MR) is 62.3 cm³/mol. The smallest absolute Gasteiger partial charge is 0.298 e. The minimum absolute atomic E-state index is 0.0380. The Morgan fingerprint density at radius 2 is 1.61 bits per heavy atom. The molecule has 0 atom stereocenters. The Morgan fingerprint density at radius 3 is 2.17 bits per heavy atom. The van der Waals surface area contributed by atoms with Crippen LogP contribution in [0.15, 0.2) is 48.5 Å². The monoisotopic (exact) mass is 250 g/mol. The summed E-state index contributed by atoms with van der Waals surface area (Å²) in [6.45, 7) is 0. The average Bonchev–Trinajstić information content (AvgIpc) is 2.38. The predicted octanol–water partition coefficient (Wildman–Crippen LogP) is 4.18. The van der Waals surface area contributed by atoms with Crippen LogP contribution in [0.5, 0.6) is 0 Å². The van der Waals surface area contributed by atoms with E-state index in [1.807, 2.05) is 0 Å². The molecule has 0 fully saturated rings. The molecule has 92 valence electrons. The number of halogens is 3. The van der Waals surface area contributed by atoms with Gasteiger partial charge in [-0.15, -0.1) is 0 Å². The van der Waals surface area contributed by atoms with Crippen molar-refractivity contribution in [1.29, 1.82) is 0 Å². The van der Waals surface area contributed by atoms with Crippen LogP contribution >= 0.6 is 0 Å². The molecule has 2 aromatic rings. The van der Waals surface area contributed by atoms with Crippen LogP contribution in [0.4, 0.5) is 13.2 Å². The molecule has 2 aromatic carbocycles. The minimum Gasteiger partial charge on any atom is -0.298 e. The second kappa shape index (κ2) is 4.64. The van der Waals surface area contributed by atoms with E-state index in [9.17, 15) is 18.0 Å². The summed E-state index contributed by atoms with van der Waals surface area (Å²) in [6.07, 6.45) is -4.00. The molecular weight excluding hydrogens is 241 g/mol. The first kappa shape index (κ1) is 12.4. The van der Waals surface area contributed by atoms with Crippen LogP contribution in [-0.4, -0.2) is 6.29 Å². The summed E-state index contributed by atoms with van der Waals surface area (Å²) in [7, 11) is 0. The van der Waals surface area contributed by atoms with Gasteiger partial charge in [-0.05, 0) is 23.3 Å². The van der Waals surface area contributed by atoms with Crippen molar-refractivity contribution in [3.63, 3.8) is 0 Å². The molecule has 0 N–H and O–H groups in total. The molecule has 1 nitrogen and oxygen atoms in total. The molecule has 2 rings (SSSR count). The molecule has 0 aliphatic heterocycles. The van der Waals surface area contributed by atoms with E-state index < -0.39 is 11.7 Å². The van der Waals surface area contributed by atoms with Gasteiger partial charge in [0, 0.05) is 5.56 Å². The number of carbonyl (C=O) groups excluding carboxylic acids is 1. The van der Waals surface area contributed by atoms with Crippen LogP contribution in [0.1, 0.15) is 15.9 Å². The Balaban J connectivity index is 2.54. The molecule has 0 amide bonds. The fourth-order valence-electron chi connectivity index (χ4n) is 1.72. The van der Waals surface area contributed by atoms with Crippen molar-refractivity contribution in [2.75, 3.05) is 0 Å². The third-order valence-corrected chi connectivity index (χ3v) is 2.59. The summed E-state index contributed by atoms with van der Waals surface area (Å²) in [5.41, 5.74) is 0.437. The Kier molecular flexibility index (Phi) is 3.19. The molecule has 0 spiro atoms. The molecule has 0 aromatic heterocycles. The number of hydrogen-bond acceptors (Lipinski definition) is 1. The zero-order valence-electron chi connectivity index (χ0n) is 9.24. The number of alkyl halides is 3. The summed E-state index contributed by atoms with van der Waals surface area (Å²) < 4.78 is 37.6. The lowest BCUT2D eigenvalue weighted by atomic mass is 9.98. The average molecular weight is 250 g/mol. The second-order valence-electron chi connectivity index (χ2n) is 3.78. The minimum atomic E-state index is -4.44. The highest BCUT2D eigenvalue weighted by Crippen LogP contribution is 2.32. The normalized spacial score (nSPS) is 11.3. The maximum absolute atomic E-state index is 12.5. The van der Waals surface area contributed by atoms with E-state index in [0.717, 1.165) is 12.1 Å². The van der Waals surface area contributed by atoms with Crippen molar-refractivity contribution in [3.8, 4) is 11.1 Å². The quantitative estimate of drug-likeness (QED) is 0.730. The van der Waals surface area contributed by atoms with Crippen LogP contribution in [-0.2, 0) is 6.18 Å². The summed E-state index contributed by atoms with van der Waals surface area (Å²) in [5, 5.41) is 0. The Morgan fingerprint density at radius 1 is 0.944 bits per heavy atom. The molecule has 0 saturated carbocycles. The largest absolute Gasteiger partial charge is 0.416 e. The highest BCUT2D eigenvalue weighted by molar-refractivity contribution is 5.87. The molecule has 0 unspecified atom stereocenters. The summed E-state index contributed by atoms with van der Waals surface area (Å²) in [4.78, 5) is 10.9. The Bertz CT molecular complexity index is 559. The van der Waals surface area contributed by atoms with Crippen LogP contribution in [0.2, 0.25) is 0 Å². The lowest BCUT2D eigenvalue weighted by Crippen LogP contribution is -2.05. The van der Waals surface area contributed by atoms with Gasteiger partial charge in [-0.25, -0.2) is 0 Å². The summed E-state index contributed by atoms with van der Waals surface area (Å²) in [6, 6.07) is 12.0. The number of rotatable bonds is 2. The standard InChI is InChI=1S/C14H9F3O/c15-14(16,17)12-6-7-13(11(8-12)9-18)10-4-2-1-3-5-10/h1-9H. The van der Waals surface area contributed by atoms with Crippen molar-refractivity contribution in [3.05, 3.63) is 59.7 Å². The Labute approximate surface area is 102 Å². The van der Waals surface area contributed by atoms with E-state index in [1.54, 1.807) is 30.3 Å². The first-order chi connectivity index (χ1) is 8.52. The molecule has 0 heterocycles. The van der Waals surface area contributed by atoms with E-state index >= 15 is 0 Å². The Hall–Kier alpha value is -2.10. The second-order valence-corrected chi connectivity index (χ2v) is 3.78. The van der Waals surface area contributed by atoms with E-state index in [-0.39, 0.29) is 5.56 Å². The van der Waals surface area contributed by atoms with Gasteiger partial charge in [0.25, 0.3) is 0 Å². The third kappa shape index (κ3) is 2.42. The van der Waals surface area contributed by atoms with Gasteiger partial charge < -0.3 is 0 Å². The van der Waals surface area contributed by atoms with Crippen molar-refractivity contribution in [1.82, 2.24) is 0 Å². The van der Waals surface area contributed by atoms with Gasteiger partial charge in [0.2, 0.25) is 0 Å². The number of carbonyl (C=O) groups is 1. The maximum atomic E-state index is 12.5. The zero-order chi connectivity index (χ0) is 13.2. The maximum Gasteiger partial charge on any atom is 0.416 e. The van der Waals surface area contributed by atoms with E-state index in [4.69, 9.17) is 0 Å². The fourth-order valence-corrected chi connectivity index (χ4v) is 1.72. The first-order valence-electron chi connectivity index (χ1n) is 5.24. The van der Waals surface area contributed by atoms with Gasteiger partial charge in [-0.3, -0.25) is 4.79 Å². The zero-order valence-corrected chi connectivity index (χ0v) is 9.24. The summed E-state index contributed by atoms with van der Waals surface area (Å²) in [5.74, 6) is 0. The highest BCUT2D eigenvalue weighted by atomic mass is 19.4. The lowest BCUT2D eigenvalue weighted by molar-refractivity contribution is -0.137. The van der Waals surface area contributed by atoms with Crippen LogP contribution in [0.3, 0.4) is 0 Å². The van der Waals surface area contributed by atoms with Gasteiger partial charge >= 0.3 is 6.18 Å². The number of benzene rings is 2. The van der Waals surface area contributed by atoms with Gasteiger partial charge in [0.05, 0.1) is 5.56 Å². The molecule has 18 heavy (non-hydrogen) atoms. The lowest BCUT2D eigenvalue weighted by Gasteiger charge is -2.10. The van der Waals surface area contributed by atoms with Crippen LogP contribution in [0.25, 0.3) is 11.1 Å². The summed E-state index contributed by atoms with van der Waals surface area (Å²) >= 11 is 0. The van der Waals surface area contributed by atoms with Gasteiger partial charge in [-0.2, -0.15) is 13.2 Å². The molecule has 0 aliphatic carbocycles. The van der Waals surface area contributed by atoms with Crippen LogP contribution < -0.4 is 0 Å². The van der Waals surface area contributed by atoms with Gasteiger partial charge in [0.15, 0.2) is 6.29 Å². The molecule has 4 heteroatoms. The van der Waals surface area contributed by atoms with E-state index in [0.29, 0.717) is 17.4 Å². The molecule has 0 radical (unpaired) electrons. The number of hydrogen-bond donors (Lipinski definition) is 0. The number of aldehydes is 1. The molecular formula is C14H9F3O. The van der Waals surface area contributed by atoms with Crippen molar-refractivity contribution >= 4 is 6.29 Å². The first-order valence-corrected chi connectivity index (χ1v) is 5.24. The van der Waals surface area contributed by atoms with E-state index in [2.05, 4.69) is 0 Å². The third-order valence-electron chi connectivity index (χ3n) is 2.59. The molecule has 0 bridgehead atoms. The molecule has 0 saturated heterocycles. The van der Waals surface area contributed by atoms with E-state index in [1.165, 1.54) is 6.07 Å². The topological polar surface area (TPSA) is 17.1 Å². The van der Waals surface area contributed by atoms with Gasteiger partial charge in [-0.1, -0.05) is 36.4 Å². The van der Waals surface area contributed by atoms with Crippen molar-refractivity contribution in [2.45, 2.75) is 6.18 Å². The fraction of sp³-hybridized carbons (Fsp3) is 0.0714. The SMILES string of the molecule is O=Cc1cc(C(F)(F)F)ccc1-c1ccccc1. The highest BCUT2D eigenvalue weighted by Gasteiger charge is 2.30. The van der Waals surface area contributed by atoms with Gasteiger partial charge in [0.1, 0.15) is 0 Å². The van der Waals surface area contributed by atoms with Crippen molar-refractivity contribution < 1.29 is 18.0 Å².